The molecule has 0 aliphatic rings. The first-order valence-corrected chi connectivity index (χ1v) is 4.61. The van der Waals surface area contributed by atoms with Crippen LogP contribution in [0.15, 0.2) is 30.3 Å². The Bertz CT molecular complexity index is 396. The SMILES string of the molecule is O=C(CCC(=O)C(=O)O)Oc1ccccc1. The standard InChI is InChI=1S/C11H10O5/c12-9(11(14)15)6-7-10(13)16-8-4-2-1-3-5-8/h1-5H,6-7H2,(H,14,15). The number of hydrogen-bond donors (Lipinski definition) is 1. The van der Waals surface area contributed by atoms with Crippen molar-refractivity contribution in [2.24, 2.45) is 0 Å². The van der Waals surface area contributed by atoms with Gasteiger partial charge in [0.25, 0.3) is 0 Å². The molecule has 5 nitrogen and oxygen atoms in total. The van der Waals surface area contributed by atoms with Gasteiger partial charge in [0.15, 0.2) is 0 Å². The number of para-hydroxylation sites is 1. The molecule has 1 rings (SSSR count). The molecular formula is C11H10O5. The van der Waals surface area contributed by atoms with Gasteiger partial charge in [0.1, 0.15) is 5.75 Å². The van der Waals surface area contributed by atoms with Gasteiger partial charge in [-0.05, 0) is 12.1 Å². The van der Waals surface area contributed by atoms with Crippen molar-refractivity contribution in [3.63, 3.8) is 0 Å². The van der Waals surface area contributed by atoms with E-state index >= 15 is 0 Å². The molecule has 16 heavy (non-hydrogen) atoms. The number of Topliss-reactive ketones (excluding diaryl/α,β-unsaturated/α-hetero) is 1. The summed E-state index contributed by atoms with van der Waals surface area (Å²) in [5.74, 6) is -2.78. The van der Waals surface area contributed by atoms with E-state index in [0.717, 1.165) is 0 Å². The maximum Gasteiger partial charge on any atom is 0.372 e. The summed E-state index contributed by atoms with van der Waals surface area (Å²) in [6.45, 7) is 0. The largest absolute Gasteiger partial charge is 0.476 e. The highest BCUT2D eigenvalue weighted by Crippen LogP contribution is 2.09. The first-order chi connectivity index (χ1) is 7.59. The molecule has 84 valence electrons. The molecule has 0 bridgehead atoms. The van der Waals surface area contributed by atoms with Gasteiger partial charge in [-0.15, -0.1) is 0 Å². The lowest BCUT2D eigenvalue weighted by Gasteiger charge is -2.02. The number of rotatable bonds is 5. The number of carboxylic acids is 1. The van der Waals surface area contributed by atoms with E-state index in [0.29, 0.717) is 5.75 Å². The van der Waals surface area contributed by atoms with E-state index in [1.165, 1.54) is 0 Å². The molecule has 1 aromatic rings. The summed E-state index contributed by atoms with van der Waals surface area (Å²) in [5.41, 5.74) is 0. The molecule has 0 saturated carbocycles. The molecule has 0 heterocycles. The molecule has 0 atom stereocenters. The molecule has 0 aromatic heterocycles. The number of carbonyl (C=O) groups excluding carboxylic acids is 2. The van der Waals surface area contributed by atoms with Crippen molar-refractivity contribution in [2.75, 3.05) is 0 Å². The fourth-order valence-electron chi connectivity index (χ4n) is 0.994. The molecule has 0 spiro atoms. The van der Waals surface area contributed by atoms with Crippen molar-refractivity contribution in [3.8, 4) is 5.75 Å². The van der Waals surface area contributed by atoms with E-state index in [2.05, 4.69) is 0 Å². The van der Waals surface area contributed by atoms with Crippen molar-refractivity contribution < 1.29 is 24.2 Å². The molecule has 1 N–H and O–H groups in total. The Morgan fingerprint density at radius 2 is 1.69 bits per heavy atom. The van der Waals surface area contributed by atoms with Crippen LogP contribution in [-0.4, -0.2) is 22.8 Å². The molecule has 0 radical (unpaired) electrons. The Morgan fingerprint density at radius 3 is 2.25 bits per heavy atom. The Labute approximate surface area is 91.6 Å². The minimum atomic E-state index is -1.53. The number of benzene rings is 1. The Kier molecular flexibility index (Phi) is 4.20. The zero-order valence-corrected chi connectivity index (χ0v) is 8.38. The van der Waals surface area contributed by atoms with Crippen LogP contribution in [0.5, 0.6) is 5.75 Å². The van der Waals surface area contributed by atoms with Crippen LogP contribution in [-0.2, 0) is 14.4 Å². The molecular weight excluding hydrogens is 212 g/mol. The van der Waals surface area contributed by atoms with E-state index in [9.17, 15) is 14.4 Å². The quantitative estimate of drug-likeness (QED) is 0.457. The zero-order valence-electron chi connectivity index (χ0n) is 8.38. The second kappa shape index (κ2) is 5.65. The van der Waals surface area contributed by atoms with Crippen molar-refractivity contribution in [3.05, 3.63) is 30.3 Å². The van der Waals surface area contributed by atoms with Gasteiger partial charge in [0.05, 0.1) is 6.42 Å². The molecule has 0 fully saturated rings. The van der Waals surface area contributed by atoms with Crippen molar-refractivity contribution >= 4 is 17.7 Å². The fraction of sp³-hybridized carbons (Fsp3) is 0.182. The zero-order chi connectivity index (χ0) is 12.0. The molecule has 0 aliphatic carbocycles. The number of hydrogen-bond acceptors (Lipinski definition) is 4. The highest BCUT2D eigenvalue weighted by Gasteiger charge is 2.14. The third-order valence-electron chi connectivity index (χ3n) is 1.77. The second-order valence-corrected chi connectivity index (χ2v) is 3.02. The topological polar surface area (TPSA) is 80.7 Å². The van der Waals surface area contributed by atoms with Crippen LogP contribution in [0.4, 0.5) is 0 Å². The van der Waals surface area contributed by atoms with E-state index in [1.54, 1.807) is 30.3 Å². The number of carbonyl (C=O) groups is 3. The van der Waals surface area contributed by atoms with Crippen LogP contribution in [0.2, 0.25) is 0 Å². The Hall–Kier alpha value is -2.17. The highest BCUT2D eigenvalue weighted by atomic mass is 16.5. The van der Waals surface area contributed by atoms with Crippen molar-refractivity contribution in [1.29, 1.82) is 0 Å². The molecule has 5 heteroatoms. The van der Waals surface area contributed by atoms with Gasteiger partial charge in [0, 0.05) is 6.42 Å². The summed E-state index contributed by atoms with van der Waals surface area (Å²) >= 11 is 0. The normalized spacial score (nSPS) is 9.50. The minimum absolute atomic E-state index is 0.236. The van der Waals surface area contributed by atoms with Gasteiger partial charge in [-0.1, -0.05) is 18.2 Å². The summed E-state index contributed by atoms with van der Waals surface area (Å²) in [4.78, 5) is 32.0. The predicted octanol–water partition coefficient (Wildman–Crippen LogP) is 1.03. The number of esters is 1. The number of carboxylic acid groups (broad SMARTS) is 1. The van der Waals surface area contributed by atoms with Gasteiger partial charge in [-0.2, -0.15) is 0 Å². The molecule has 0 amide bonds. The van der Waals surface area contributed by atoms with E-state index < -0.39 is 17.7 Å². The Balaban J connectivity index is 2.37. The minimum Gasteiger partial charge on any atom is -0.476 e. The number of aliphatic carboxylic acids is 1. The fourth-order valence-corrected chi connectivity index (χ4v) is 0.994. The summed E-state index contributed by atoms with van der Waals surface area (Å²) in [7, 11) is 0. The van der Waals surface area contributed by atoms with Gasteiger partial charge >= 0.3 is 11.9 Å². The third kappa shape index (κ3) is 3.91. The summed E-state index contributed by atoms with van der Waals surface area (Å²) in [6, 6.07) is 8.36. The van der Waals surface area contributed by atoms with E-state index in [4.69, 9.17) is 9.84 Å². The lowest BCUT2D eigenvalue weighted by molar-refractivity contribution is -0.149. The van der Waals surface area contributed by atoms with Gasteiger partial charge in [-0.3, -0.25) is 9.59 Å². The summed E-state index contributed by atoms with van der Waals surface area (Å²) in [6.07, 6.45) is -0.582. The molecule has 1 aromatic carbocycles. The average Bonchev–Trinajstić information content (AvgIpc) is 2.27. The molecule has 0 unspecified atom stereocenters. The summed E-state index contributed by atoms with van der Waals surface area (Å²) in [5, 5.41) is 8.28. The van der Waals surface area contributed by atoms with E-state index in [1.807, 2.05) is 0 Å². The second-order valence-electron chi connectivity index (χ2n) is 3.02. The van der Waals surface area contributed by atoms with Gasteiger partial charge in [-0.25, -0.2) is 4.79 Å². The van der Waals surface area contributed by atoms with Crippen LogP contribution in [0.1, 0.15) is 12.8 Å². The van der Waals surface area contributed by atoms with Crippen LogP contribution >= 0.6 is 0 Å². The number of ether oxygens (including phenoxy) is 1. The lowest BCUT2D eigenvalue weighted by atomic mass is 10.2. The first-order valence-electron chi connectivity index (χ1n) is 4.61. The molecule has 0 aliphatic heterocycles. The average molecular weight is 222 g/mol. The highest BCUT2D eigenvalue weighted by molar-refractivity contribution is 6.32. The Morgan fingerprint density at radius 1 is 1.06 bits per heavy atom. The van der Waals surface area contributed by atoms with Gasteiger partial charge < -0.3 is 9.84 Å². The van der Waals surface area contributed by atoms with Gasteiger partial charge in [0.2, 0.25) is 5.78 Å². The smallest absolute Gasteiger partial charge is 0.372 e. The van der Waals surface area contributed by atoms with E-state index in [-0.39, 0.29) is 12.8 Å². The third-order valence-corrected chi connectivity index (χ3v) is 1.77. The van der Waals surface area contributed by atoms with Crippen LogP contribution in [0.3, 0.4) is 0 Å². The maximum absolute atomic E-state index is 11.2. The lowest BCUT2D eigenvalue weighted by Crippen LogP contribution is -2.16. The number of ketones is 1. The van der Waals surface area contributed by atoms with Crippen LogP contribution in [0.25, 0.3) is 0 Å². The van der Waals surface area contributed by atoms with Crippen molar-refractivity contribution in [2.45, 2.75) is 12.8 Å². The van der Waals surface area contributed by atoms with Crippen LogP contribution < -0.4 is 4.74 Å². The first kappa shape index (κ1) is 11.9. The maximum atomic E-state index is 11.2. The monoisotopic (exact) mass is 222 g/mol. The van der Waals surface area contributed by atoms with Crippen LogP contribution in [0, 0.1) is 0 Å². The molecule has 0 saturated heterocycles. The summed E-state index contributed by atoms with van der Waals surface area (Å²) < 4.78 is 4.86. The predicted molar refractivity (Wildman–Crippen MR) is 54.0 cm³/mol. The van der Waals surface area contributed by atoms with Crippen molar-refractivity contribution in [1.82, 2.24) is 0 Å².